The zero-order valence-corrected chi connectivity index (χ0v) is 20.9. The van der Waals surface area contributed by atoms with Crippen molar-refractivity contribution in [2.24, 2.45) is 0 Å². The van der Waals surface area contributed by atoms with Crippen LogP contribution in [0.15, 0.2) is 47.4 Å². The Balaban J connectivity index is 0.00000450. The van der Waals surface area contributed by atoms with E-state index in [4.69, 9.17) is 4.74 Å². The van der Waals surface area contributed by atoms with Gasteiger partial charge >= 0.3 is 29.6 Å². The topological polar surface area (TPSA) is 86.7 Å². The molecule has 0 atom stereocenters. The average Bonchev–Trinajstić information content (AvgIpc) is 2.68. The first-order chi connectivity index (χ1) is 13.9. The van der Waals surface area contributed by atoms with Gasteiger partial charge in [0.1, 0.15) is 11.5 Å². The molecule has 0 saturated heterocycles. The molecule has 0 aliphatic carbocycles. The number of para-hydroxylation sites is 1. The first-order valence-electron chi connectivity index (χ1n) is 10.5. The van der Waals surface area contributed by atoms with Crippen molar-refractivity contribution < 1.29 is 52.4 Å². The monoisotopic (exact) mass is 442 g/mol. The summed E-state index contributed by atoms with van der Waals surface area (Å²) in [5.41, 5.74) is 0.356. The summed E-state index contributed by atoms with van der Waals surface area (Å²) >= 11 is 0. The summed E-state index contributed by atoms with van der Waals surface area (Å²) in [6.45, 7) is 2.21. The second kappa shape index (κ2) is 14.1. The SMILES string of the molecule is CCCCCCCCCCCc1cc(Oc2ccccc2)cc(S(=O)(=O)O)c1[O-].[Na+]. The van der Waals surface area contributed by atoms with Crippen molar-refractivity contribution in [1.82, 2.24) is 0 Å². The molecule has 7 heteroatoms. The van der Waals surface area contributed by atoms with E-state index in [2.05, 4.69) is 6.92 Å². The number of aryl methyl sites for hydroxylation is 1. The molecule has 30 heavy (non-hydrogen) atoms. The number of rotatable bonds is 13. The largest absolute Gasteiger partial charge is 1.00 e. The van der Waals surface area contributed by atoms with Gasteiger partial charge in [-0.15, -0.1) is 0 Å². The van der Waals surface area contributed by atoms with Crippen molar-refractivity contribution in [1.29, 1.82) is 0 Å². The standard InChI is InChI=1S/C23H32O5S.Na/c1-2-3-4-5-6-7-8-9-11-14-19-17-21(28-20-15-12-10-13-16-20)18-22(23(19)24)29(25,26)27;/h10,12-13,15-18,24H,2-9,11,14H2,1H3,(H,25,26,27);/q;+1/p-1. The molecule has 0 amide bonds. The molecule has 2 aromatic carbocycles. The van der Waals surface area contributed by atoms with Crippen molar-refractivity contribution in [2.45, 2.75) is 76.0 Å². The minimum Gasteiger partial charge on any atom is -0.871 e. The van der Waals surface area contributed by atoms with Crippen molar-refractivity contribution in [2.75, 3.05) is 0 Å². The Bertz CT molecular complexity index is 853. The normalized spacial score (nSPS) is 11.1. The Labute approximate surface area is 202 Å². The first kappa shape index (κ1) is 27.0. The summed E-state index contributed by atoms with van der Waals surface area (Å²) in [5.74, 6) is 0.114. The quantitative estimate of drug-likeness (QED) is 0.293. The van der Waals surface area contributed by atoms with E-state index >= 15 is 0 Å². The smallest absolute Gasteiger partial charge is 0.871 e. The van der Waals surface area contributed by atoms with Crippen LogP contribution in [-0.4, -0.2) is 13.0 Å². The second-order valence-corrected chi connectivity index (χ2v) is 8.77. The molecule has 0 unspecified atom stereocenters. The Kier molecular flexibility index (Phi) is 12.7. The number of hydrogen-bond donors (Lipinski definition) is 1. The van der Waals surface area contributed by atoms with E-state index in [0.717, 1.165) is 25.3 Å². The van der Waals surface area contributed by atoms with Crippen LogP contribution in [0.1, 0.15) is 70.3 Å². The van der Waals surface area contributed by atoms with Gasteiger partial charge in [-0.05, 0) is 31.0 Å². The summed E-state index contributed by atoms with van der Waals surface area (Å²) < 4.78 is 38.4. The Morgan fingerprint density at radius 2 is 1.43 bits per heavy atom. The third-order valence-electron chi connectivity index (χ3n) is 4.91. The summed E-state index contributed by atoms with van der Waals surface area (Å²) in [5, 5.41) is 12.5. The van der Waals surface area contributed by atoms with Crippen LogP contribution in [0, 0.1) is 0 Å². The molecule has 0 bridgehead atoms. The van der Waals surface area contributed by atoms with E-state index in [0.29, 0.717) is 17.7 Å². The molecule has 160 valence electrons. The Morgan fingerprint density at radius 1 is 0.867 bits per heavy atom. The molecule has 0 aliphatic rings. The molecular weight excluding hydrogens is 411 g/mol. The van der Waals surface area contributed by atoms with Crippen molar-refractivity contribution in [3.05, 3.63) is 48.0 Å². The molecule has 0 radical (unpaired) electrons. The van der Waals surface area contributed by atoms with Gasteiger partial charge in [0.05, 0.1) is 4.90 Å². The summed E-state index contributed by atoms with van der Waals surface area (Å²) in [6.07, 6.45) is 10.9. The van der Waals surface area contributed by atoms with Gasteiger partial charge < -0.3 is 9.84 Å². The number of benzene rings is 2. The number of hydrogen-bond acceptors (Lipinski definition) is 4. The maximum Gasteiger partial charge on any atom is 1.00 e. The van der Waals surface area contributed by atoms with E-state index < -0.39 is 20.8 Å². The van der Waals surface area contributed by atoms with E-state index in [1.165, 1.54) is 38.5 Å². The third kappa shape index (κ3) is 9.40. The van der Waals surface area contributed by atoms with Gasteiger partial charge in [-0.2, -0.15) is 8.42 Å². The summed E-state index contributed by atoms with van der Waals surface area (Å²) in [4.78, 5) is -0.628. The van der Waals surface area contributed by atoms with Crippen LogP contribution in [0.25, 0.3) is 0 Å². The predicted octanol–water partition coefficient (Wildman–Crippen LogP) is 2.88. The number of unbranched alkanes of at least 4 members (excludes halogenated alkanes) is 8. The molecule has 1 N–H and O–H groups in total. The van der Waals surface area contributed by atoms with Crippen LogP contribution in [0.4, 0.5) is 0 Å². The van der Waals surface area contributed by atoms with E-state index in [-0.39, 0.29) is 35.3 Å². The van der Waals surface area contributed by atoms with E-state index in [1.54, 1.807) is 30.3 Å². The van der Waals surface area contributed by atoms with Gasteiger partial charge in [0, 0.05) is 6.07 Å². The van der Waals surface area contributed by atoms with Crippen LogP contribution in [0.3, 0.4) is 0 Å². The van der Waals surface area contributed by atoms with Crippen molar-refractivity contribution >= 4 is 10.1 Å². The summed E-state index contributed by atoms with van der Waals surface area (Å²) in [7, 11) is -4.61. The molecule has 0 saturated carbocycles. The third-order valence-corrected chi connectivity index (χ3v) is 5.77. The predicted molar refractivity (Wildman–Crippen MR) is 113 cm³/mol. The zero-order valence-electron chi connectivity index (χ0n) is 18.1. The van der Waals surface area contributed by atoms with Crippen LogP contribution in [-0.2, 0) is 16.5 Å². The Morgan fingerprint density at radius 3 is 2.00 bits per heavy atom. The van der Waals surface area contributed by atoms with E-state index in [1.807, 2.05) is 6.07 Å². The molecule has 0 heterocycles. The molecule has 0 aromatic heterocycles. The fraction of sp³-hybridized carbons (Fsp3) is 0.478. The van der Waals surface area contributed by atoms with Gasteiger partial charge in [-0.3, -0.25) is 4.55 Å². The van der Waals surface area contributed by atoms with Gasteiger partial charge in [0.15, 0.2) is 0 Å². The maximum absolute atomic E-state index is 12.5. The molecular formula is C23H31NaO5S. The zero-order chi connectivity index (χ0) is 21.1. The molecule has 2 aromatic rings. The van der Waals surface area contributed by atoms with Crippen LogP contribution in [0.5, 0.6) is 17.2 Å². The van der Waals surface area contributed by atoms with Gasteiger partial charge in [0.25, 0.3) is 10.1 Å². The molecule has 2 rings (SSSR count). The minimum absolute atomic E-state index is 0. The molecule has 5 nitrogen and oxygen atoms in total. The van der Waals surface area contributed by atoms with Crippen LogP contribution < -0.4 is 39.4 Å². The number of ether oxygens (including phenoxy) is 1. The fourth-order valence-electron chi connectivity index (χ4n) is 3.32. The van der Waals surface area contributed by atoms with Crippen molar-refractivity contribution in [3.8, 4) is 17.2 Å². The Hall–Kier alpha value is -1.05. The van der Waals surface area contributed by atoms with Gasteiger partial charge in [-0.1, -0.05) is 87.8 Å². The molecule has 0 spiro atoms. The van der Waals surface area contributed by atoms with Gasteiger partial charge in [-0.25, -0.2) is 0 Å². The van der Waals surface area contributed by atoms with E-state index in [9.17, 15) is 18.1 Å². The second-order valence-electron chi connectivity index (χ2n) is 7.38. The van der Waals surface area contributed by atoms with Crippen LogP contribution in [0.2, 0.25) is 0 Å². The van der Waals surface area contributed by atoms with Crippen LogP contribution >= 0.6 is 0 Å². The molecule has 0 aliphatic heterocycles. The van der Waals surface area contributed by atoms with Crippen molar-refractivity contribution in [3.63, 3.8) is 0 Å². The minimum atomic E-state index is -4.61. The fourth-order valence-corrected chi connectivity index (χ4v) is 3.95. The van der Waals surface area contributed by atoms with Gasteiger partial charge in [0.2, 0.25) is 0 Å². The first-order valence-corrected chi connectivity index (χ1v) is 11.9. The maximum atomic E-state index is 12.5. The molecule has 0 fully saturated rings. The average molecular weight is 443 g/mol. The summed E-state index contributed by atoms with van der Waals surface area (Å²) in [6, 6.07) is 11.6.